The fourth-order valence-electron chi connectivity index (χ4n) is 4.82. The molecule has 10 heteroatoms. The van der Waals surface area contributed by atoms with Crippen LogP contribution in [0.5, 0.6) is 5.75 Å². The van der Waals surface area contributed by atoms with E-state index in [1.165, 1.54) is 4.68 Å². The third-order valence-corrected chi connectivity index (χ3v) is 6.89. The molecule has 0 saturated carbocycles. The van der Waals surface area contributed by atoms with E-state index in [0.717, 1.165) is 33.3 Å². The summed E-state index contributed by atoms with van der Waals surface area (Å²) in [5, 5.41) is 13.3. The molecular weight excluding hydrogens is 496 g/mol. The molecule has 0 spiro atoms. The molecule has 0 fully saturated rings. The first-order valence-electron chi connectivity index (χ1n) is 13.1. The number of rotatable bonds is 11. The number of nitrogens with one attached hydrogen (secondary N) is 1. The van der Waals surface area contributed by atoms with E-state index in [1.807, 2.05) is 43.3 Å². The molecule has 1 atom stereocenters. The molecule has 0 bridgehead atoms. The minimum Gasteiger partial charge on any atom is -0.497 e. The molecule has 0 aliphatic carbocycles. The molecule has 2 aromatic carbocycles. The van der Waals surface area contributed by atoms with Gasteiger partial charge in [-0.05, 0) is 89.5 Å². The SMILES string of the molecule is CCOC(=O)Cn1nnnc1[C@H](C(C)C)N(Cc1ccc(OC)cc1)Cc1cc2cc(C)c(C)cc2[nH]c1=O. The van der Waals surface area contributed by atoms with Gasteiger partial charge in [0, 0.05) is 24.2 Å². The van der Waals surface area contributed by atoms with Gasteiger partial charge in [-0.1, -0.05) is 26.0 Å². The van der Waals surface area contributed by atoms with Crippen LogP contribution in [-0.2, 0) is 29.2 Å². The Hall–Kier alpha value is -4.05. The number of ether oxygens (including phenoxy) is 2. The minimum atomic E-state index is -0.410. The average Bonchev–Trinajstić information content (AvgIpc) is 3.33. The normalized spacial score (nSPS) is 12.3. The molecule has 0 aliphatic heterocycles. The first-order valence-corrected chi connectivity index (χ1v) is 13.1. The Morgan fingerprint density at radius 2 is 1.79 bits per heavy atom. The Bertz CT molecular complexity index is 1490. The highest BCUT2D eigenvalue weighted by atomic mass is 16.5. The monoisotopic (exact) mass is 532 g/mol. The Morgan fingerprint density at radius 3 is 2.46 bits per heavy atom. The van der Waals surface area contributed by atoms with E-state index in [2.05, 4.69) is 52.2 Å². The summed E-state index contributed by atoms with van der Waals surface area (Å²) >= 11 is 0. The van der Waals surface area contributed by atoms with E-state index in [4.69, 9.17) is 9.47 Å². The summed E-state index contributed by atoms with van der Waals surface area (Å²) in [5.41, 5.74) is 4.63. The van der Waals surface area contributed by atoms with E-state index < -0.39 is 5.97 Å². The molecule has 0 unspecified atom stereocenters. The van der Waals surface area contributed by atoms with Crippen LogP contribution in [0.25, 0.3) is 10.9 Å². The van der Waals surface area contributed by atoms with E-state index >= 15 is 0 Å². The maximum Gasteiger partial charge on any atom is 0.327 e. The van der Waals surface area contributed by atoms with Gasteiger partial charge in [0.1, 0.15) is 12.3 Å². The van der Waals surface area contributed by atoms with E-state index in [9.17, 15) is 9.59 Å². The molecule has 0 amide bonds. The van der Waals surface area contributed by atoms with Gasteiger partial charge in [-0.2, -0.15) is 0 Å². The van der Waals surface area contributed by atoms with Crippen molar-refractivity contribution in [2.24, 2.45) is 5.92 Å². The molecular formula is C29H36N6O4. The zero-order valence-electron chi connectivity index (χ0n) is 23.4. The van der Waals surface area contributed by atoms with Crippen molar-refractivity contribution in [3.05, 3.63) is 80.9 Å². The van der Waals surface area contributed by atoms with Gasteiger partial charge in [0.05, 0.1) is 19.8 Å². The predicted octanol–water partition coefficient (Wildman–Crippen LogP) is 4.10. The van der Waals surface area contributed by atoms with Crippen LogP contribution in [0.1, 0.15) is 54.9 Å². The topological polar surface area (TPSA) is 115 Å². The molecule has 2 heterocycles. The van der Waals surface area contributed by atoms with Crippen molar-refractivity contribution < 1.29 is 14.3 Å². The summed E-state index contributed by atoms with van der Waals surface area (Å²) in [6, 6.07) is 13.6. The Kier molecular flexibility index (Phi) is 8.75. The largest absolute Gasteiger partial charge is 0.497 e. The van der Waals surface area contributed by atoms with Crippen LogP contribution in [0.15, 0.2) is 47.3 Å². The van der Waals surface area contributed by atoms with Crippen LogP contribution in [0.2, 0.25) is 0 Å². The summed E-state index contributed by atoms with van der Waals surface area (Å²) in [7, 11) is 1.63. The van der Waals surface area contributed by atoms with Crippen LogP contribution in [0.3, 0.4) is 0 Å². The third-order valence-electron chi connectivity index (χ3n) is 6.89. The summed E-state index contributed by atoms with van der Waals surface area (Å²) in [6.07, 6.45) is 0. The van der Waals surface area contributed by atoms with Crippen molar-refractivity contribution in [3.63, 3.8) is 0 Å². The molecule has 1 N–H and O–H groups in total. The number of carbonyl (C=O) groups excluding carboxylic acids is 1. The number of carbonyl (C=O) groups is 1. The molecule has 2 aromatic heterocycles. The lowest BCUT2D eigenvalue weighted by Crippen LogP contribution is -2.35. The lowest BCUT2D eigenvalue weighted by Gasteiger charge is -2.33. The molecule has 0 aliphatic rings. The predicted molar refractivity (Wildman–Crippen MR) is 148 cm³/mol. The van der Waals surface area contributed by atoms with Crippen LogP contribution in [0, 0.1) is 19.8 Å². The zero-order valence-corrected chi connectivity index (χ0v) is 23.4. The molecule has 0 saturated heterocycles. The van der Waals surface area contributed by atoms with Gasteiger partial charge in [-0.25, -0.2) is 4.68 Å². The number of methoxy groups -OCH3 is 1. The third kappa shape index (κ3) is 6.51. The number of aromatic amines is 1. The van der Waals surface area contributed by atoms with Gasteiger partial charge >= 0.3 is 5.97 Å². The minimum absolute atomic E-state index is 0.0552. The van der Waals surface area contributed by atoms with Crippen molar-refractivity contribution in [3.8, 4) is 5.75 Å². The Labute approximate surface area is 227 Å². The Balaban J connectivity index is 1.77. The number of aryl methyl sites for hydroxylation is 2. The number of nitrogens with zero attached hydrogens (tertiary/aromatic N) is 5. The summed E-state index contributed by atoms with van der Waals surface area (Å²) < 4.78 is 11.9. The average molecular weight is 533 g/mol. The van der Waals surface area contributed by atoms with Crippen molar-refractivity contribution >= 4 is 16.9 Å². The van der Waals surface area contributed by atoms with Crippen LogP contribution >= 0.6 is 0 Å². The number of fused-ring (bicyclic) bond motifs is 1. The van der Waals surface area contributed by atoms with E-state index in [-0.39, 0.29) is 30.7 Å². The molecule has 10 nitrogen and oxygen atoms in total. The van der Waals surface area contributed by atoms with Crippen molar-refractivity contribution in [2.75, 3.05) is 13.7 Å². The lowest BCUT2D eigenvalue weighted by atomic mass is 9.99. The van der Waals surface area contributed by atoms with Gasteiger partial charge in [-0.3, -0.25) is 14.5 Å². The second-order valence-corrected chi connectivity index (χ2v) is 10.1. The van der Waals surface area contributed by atoms with Gasteiger partial charge in [0.25, 0.3) is 5.56 Å². The van der Waals surface area contributed by atoms with Crippen LogP contribution in [0.4, 0.5) is 0 Å². The number of H-pyrrole nitrogens is 1. The highest BCUT2D eigenvalue weighted by Gasteiger charge is 2.30. The highest BCUT2D eigenvalue weighted by molar-refractivity contribution is 5.80. The molecule has 0 radical (unpaired) electrons. The number of benzene rings is 2. The number of aromatic nitrogens is 5. The molecule has 4 rings (SSSR count). The fourth-order valence-corrected chi connectivity index (χ4v) is 4.82. The molecule has 206 valence electrons. The van der Waals surface area contributed by atoms with E-state index in [1.54, 1.807) is 14.0 Å². The Morgan fingerprint density at radius 1 is 1.08 bits per heavy atom. The molecule has 39 heavy (non-hydrogen) atoms. The summed E-state index contributed by atoms with van der Waals surface area (Å²) in [5.74, 6) is 0.947. The number of pyridine rings is 1. The second-order valence-electron chi connectivity index (χ2n) is 10.1. The zero-order chi connectivity index (χ0) is 28.1. The van der Waals surface area contributed by atoms with Crippen LogP contribution in [-0.4, -0.2) is 49.8 Å². The van der Waals surface area contributed by atoms with Crippen molar-refractivity contribution in [1.29, 1.82) is 0 Å². The maximum atomic E-state index is 13.3. The van der Waals surface area contributed by atoms with Gasteiger partial charge in [0.2, 0.25) is 0 Å². The second kappa shape index (κ2) is 12.2. The number of esters is 1. The fraction of sp³-hybridized carbons (Fsp3) is 0.414. The van der Waals surface area contributed by atoms with Crippen molar-refractivity contribution in [2.45, 2.75) is 60.3 Å². The van der Waals surface area contributed by atoms with E-state index in [0.29, 0.717) is 24.5 Å². The number of tetrazole rings is 1. The number of hydrogen-bond acceptors (Lipinski definition) is 8. The summed E-state index contributed by atoms with van der Waals surface area (Å²) in [6.45, 7) is 11.1. The van der Waals surface area contributed by atoms with Gasteiger partial charge < -0.3 is 14.5 Å². The maximum absolute atomic E-state index is 13.3. The smallest absolute Gasteiger partial charge is 0.327 e. The lowest BCUT2D eigenvalue weighted by molar-refractivity contribution is -0.144. The first-order chi connectivity index (χ1) is 18.7. The standard InChI is InChI=1S/C29H36N6O4/c1-7-39-26(36)17-35-28(31-32-33-35)27(18(2)3)34(15-21-8-10-24(38-6)11-9-21)16-23-14-22-12-19(4)20(5)13-25(22)30-29(23)37/h8-14,18,27H,7,15-17H2,1-6H3,(H,30,37)/t27-/m0/s1. The van der Waals surface area contributed by atoms with Gasteiger partial charge in [0.15, 0.2) is 5.82 Å². The summed E-state index contributed by atoms with van der Waals surface area (Å²) in [4.78, 5) is 30.8. The quantitative estimate of drug-likeness (QED) is 0.287. The number of hydrogen-bond donors (Lipinski definition) is 1. The van der Waals surface area contributed by atoms with Crippen molar-refractivity contribution in [1.82, 2.24) is 30.1 Å². The molecule has 4 aromatic rings. The highest BCUT2D eigenvalue weighted by Crippen LogP contribution is 2.31. The van der Waals surface area contributed by atoms with Crippen LogP contribution < -0.4 is 10.3 Å². The van der Waals surface area contributed by atoms with Gasteiger partial charge in [-0.15, -0.1) is 5.10 Å². The first kappa shape index (κ1) is 28.0.